The summed E-state index contributed by atoms with van der Waals surface area (Å²) in [6, 6.07) is 11.8. The van der Waals surface area contributed by atoms with Crippen molar-refractivity contribution >= 4 is 41.3 Å². The Labute approximate surface area is 196 Å². The van der Waals surface area contributed by atoms with Crippen molar-refractivity contribution in [3.8, 4) is 0 Å². The number of thiazole rings is 1. The van der Waals surface area contributed by atoms with Gasteiger partial charge in [0.1, 0.15) is 0 Å². The smallest absolute Gasteiger partial charge is 0.191 e. The lowest BCUT2D eigenvalue weighted by atomic mass is 9.97. The topological polar surface area (TPSA) is 52.6 Å². The molecular weight excluding hydrogens is 493 g/mol. The molecule has 2 heterocycles. The zero-order chi connectivity index (χ0) is 19.9. The summed E-state index contributed by atoms with van der Waals surface area (Å²) < 4.78 is 0. The molecule has 1 aliphatic heterocycles. The van der Waals surface area contributed by atoms with Crippen LogP contribution in [0.25, 0.3) is 0 Å². The molecule has 0 spiro atoms. The third-order valence-electron chi connectivity index (χ3n) is 5.45. The molecule has 0 amide bonds. The molecule has 5 nitrogen and oxygen atoms in total. The van der Waals surface area contributed by atoms with Gasteiger partial charge in [0.25, 0.3) is 0 Å². The number of benzene rings is 1. The number of nitrogens with zero attached hydrogens (tertiary/aromatic N) is 3. The Morgan fingerprint density at radius 3 is 2.66 bits per heavy atom. The highest BCUT2D eigenvalue weighted by Gasteiger charge is 2.25. The Kier molecular flexibility index (Phi) is 9.85. The predicted octanol–water partition coefficient (Wildman–Crippen LogP) is 4.14. The fourth-order valence-electron chi connectivity index (χ4n) is 3.89. The molecule has 2 unspecified atom stereocenters. The molecule has 2 atom stereocenters. The molecule has 0 radical (unpaired) electrons. The molecule has 29 heavy (non-hydrogen) atoms. The van der Waals surface area contributed by atoms with E-state index in [1.54, 1.807) is 11.3 Å². The number of halogens is 1. The SMILES string of the molecule is CN=C(NCCc1sc(C)nc1C)NC1CCN(Cc2ccccc2)C(C)C1.I. The molecule has 3 rings (SSSR count). The first-order chi connectivity index (χ1) is 13.5. The minimum Gasteiger partial charge on any atom is -0.356 e. The van der Waals surface area contributed by atoms with Gasteiger partial charge in [0, 0.05) is 50.1 Å². The number of aromatic nitrogens is 1. The van der Waals surface area contributed by atoms with Crippen LogP contribution in [0.2, 0.25) is 0 Å². The third-order valence-corrected chi connectivity index (χ3v) is 6.58. The predicted molar refractivity (Wildman–Crippen MR) is 135 cm³/mol. The highest BCUT2D eigenvalue weighted by molar-refractivity contribution is 14.0. The lowest BCUT2D eigenvalue weighted by molar-refractivity contribution is 0.134. The van der Waals surface area contributed by atoms with Gasteiger partial charge in [0.05, 0.1) is 10.7 Å². The standard InChI is InChI=1S/C22H33N5S.HI/c1-16-14-20(11-13-27(16)15-19-8-6-5-7-9-19)26-22(23-4)24-12-10-21-17(2)25-18(3)28-21;/h5-9,16,20H,10-15H2,1-4H3,(H2,23,24,26);1H. The number of likely N-dealkylation sites (tertiary alicyclic amines) is 1. The van der Waals surface area contributed by atoms with Crippen LogP contribution < -0.4 is 10.6 Å². The van der Waals surface area contributed by atoms with Crippen LogP contribution in [0.1, 0.15) is 40.9 Å². The molecule has 1 aromatic heterocycles. The number of nitrogens with one attached hydrogen (secondary N) is 2. The van der Waals surface area contributed by atoms with Gasteiger partial charge in [-0.3, -0.25) is 9.89 Å². The maximum absolute atomic E-state index is 4.51. The fraction of sp³-hybridized carbons (Fsp3) is 0.545. The van der Waals surface area contributed by atoms with Crippen molar-refractivity contribution in [2.75, 3.05) is 20.1 Å². The molecule has 2 aromatic rings. The molecule has 1 aromatic carbocycles. The monoisotopic (exact) mass is 527 g/mol. The van der Waals surface area contributed by atoms with Gasteiger partial charge < -0.3 is 10.6 Å². The third kappa shape index (κ3) is 7.22. The zero-order valence-electron chi connectivity index (χ0n) is 17.9. The average Bonchev–Trinajstić information content (AvgIpc) is 3.01. The van der Waals surface area contributed by atoms with Gasteiger partial charge in [-0.25, -0.2) is 4.98 Å². The summed E-state index contributed by atoms with van der Waals surface area (Å²) in [6.45, 7) is 9.53. The van der Waals surface area contributed by atoms with Gasteiger partial charge in [-0.2, -0.15) is 0 Å². The maximum atomic E-state index is 4.51. The number of hydrogen-bond acceptors (Lipinski definition) is 4. The lowest BCUT2D eigenvalue weighted by Crippen LogP contribution is -2.51. The molecule has 160 valence electrons. The first-order valence-electron chi connectivity index (χ1n) is 10.2. The summed E-state index contributed by atoms with van der Waals surface area (Å²) in [5, 5.41) is 8.24. The van der Waals surface area contributed by atoms with Gasteiger partial charge in [0.15, 0.2) is 5.96 Å². The quantitative estimate of drug-likeness (QED) is 0.337. The second-order valence-corrected chi connectivity index (χ2v) is 8.95. The van der Waals surface area contributed by atoms with E-state index < -0.39 is 0 Å². The first-order valence-corrected chi connectivity index (χ1v) is 11.0. The number of aryl methyl sites for hydroxylation is 2. The number of guanidine groups is 1. The Morgan fingerprint density at radius 2 is 2.03 bits per heavy atom. The summed E-state index contributed by atoms with van der Waals surface area (Å²) in [7, 11) is 1.85. The number of aliphatic imine (C=N–C) groups is 1. The zero-order valence-corrected chi connectivity index (χ0v) is 21.1. The van der Waals surface area contributed by atoms with Crippen molar-refractivity contribution < 1.29 is 0 Å². The lowest BCUT2D eigenvalue weighted by Gasteiger charge is -2.38. The largest absolute Gasteiger partial charge is 0.356 e. The van der Waals surface area contributed by atoms with E-state index in [4.69, 9.17) is 0 Å². The number of hydrogen-bond donors (Lipinski definition) is 2. The van der Waals surface area contributed by atoms with E-state index in [-0.39, 0.29) is 24.0 Å². The van der Waals surface area contributed by atoms with Crippen LogP contribution in [0.5, 0.6) is 0 Å². The molecule has 1 saturated heterocycles. The van der Waals surface area contributed by atoms with Crippen LogP contribution in [0.15, 0.2) is 35.3 Å². The van der Waals surface area contributed by atoms with Crippen LogP contribution >= 0.6 is 35.3 Å². The fourth-order valence-corrected chi connectivity index (χ4v) is 4.83. The normalized spacial score (nSPS) is 20.2. The summed E-state index contributed by atoms with van der Waals surface area (Å²) in [4.78, 5) is 12.9. The van der Waals surface area contributed by atoms with Gasteiger partial charge in [-0.05, 0) is 39.2 Å². The Hall–Kier alpha value is -1.19. The van der Waals surface area contributed by atoms with E-state index in [2.05, 4.69) is 76.6 Å². The van der Waals surface area contributed by atoms with Crippen LogP contribution in [-0.2, 0) is 13.0 Å². The molecule has 2 N–H and O–H groups in total. The molecule has 0 saturated carbocycles. The number of rotatable bonds is 6. The van der Waals surface area contributed by atoms with Crippen LogP contribution in [0.3, 0.4) is 0 Å². The summed E-state index contributed by atoms with van der Waals surface area (Å²) in [6.07, 6.45) is 3.27. The van der Waals surface area contributed by atoms with Crippen LogP contribution in [0.4, 0.5) is 0 Å². The molecule has 0 aliphatic carbocycles. The molecule has 1 aliphatic rings. The van der Waals surface area contributed by atoms with Crippen molar-refractivity contribution in [2.45, 2.75) is 58.7 Å². The van der Waals surface area contributed by atoms with Crippen LogP contribution in [0, 0.1) is 13.8 Å². The molecular formula is C22H34IN5S. The Balaban J connectivity index is 0.00000300. The van der Waals surface area contributed by atoms with E-state index in [0.717, 1.165) is 55.6 Å². The van der Waals surface area contributed by atoms with E-state index >= 15 is 0 Å². The summed E-state index contributed by atoms with van der Waals surface area (Å²) in [5.74, 6) is 0.910. The van der Waals surface area contributed by atoms with E-state index in [0.29, 0.717) is 12.1 Å². The highest BCUT2D eigenvalue weighted by Crippen LogP contribution is 2.20. The van der Waals surface area contributed by atoms with Crippen molar-refractivity contribution in [1.82, 2.24) is 20.5 Å². The van der Waals surface area contributed by atoms with E-state index in [9.17, 15) is 0 Å². The second-order valence-electron chi connectivity index (χ2n) is 7.66. The Bertz CT molecular complexity index is 777. The molecule has 7 heteroatoms. The first kappa shape index (κ1) is 24.1. The van der Waals surface area contributed by atoms with Gasteiger partial charge >= 0.3 is 0 Å². The summed E-state index contributed by atoms with van der Waals surface area (Å²) >= 11 is 1.79. The molecule has 1 fully saturated rings. The van der Waals surface area contributed by atoms with Crippen LogP contribution in [-0.4, -0.2) is 48.1 Å². The number of piperidine rings is 1. The summed E-state index contributed by atoms with van der Waals surface area (Å²) in [5.41, 5.74) is 2.55. The second kappa shape index (κ2) is 11.9. The maximum Gasteiger partial charge on any atom is 0.191 e. The minimum atomic E-state index is 0. The van der Waals surface area contributed by atoms with E-state index in [1.165, 1.54) is 10.4 Å². The minimum absolute atomic E-state index is 0. The molecule has 0 bridgehead atoms. The Morgan fingerprint density at radius 1 is 1.28 bits per heavy atom. The van der Waals surface area contributed by atoms with E-state index in [1.807, 2.05) is 7.05 Å². The van der Waals surface area contributed by atoms with Crippen molar-refractivity contribution in [3.63, 3.8) is 0 Å². The highest BCUT2D eigenvalue weighted by atomic mass is 127. The van der Waals surface area contributed by atoms with Crippen molar-refractivity contribution in [2.24, 2.45) is 4.99 Å². The average molecular weight is 528 g/mol. The van der Waals surface area contributed by atoms with Gasteiger partial charge in [0.2, 0.25) is 0 Å². The van der Waals surface area contributed by atoms with Crippen molar-refractivity contribution in [1.29, 1.82) is 0 Å². The van der Waals surface area contributed by atoms with Crippen molar-refractivity contribution in [3.05, 3.63) is 51.5 Å². The van der Waals surface area contributed by atoms with Gasteiger partial charge in [-0.15, -0.1) is 35.3 Å². The van der Waals surface area contributed by atoms with Gasteiger partial charge in [-0.1, -0.05) is 30.3 Å².